The summed E-state index contributed by atoms with van der Waals surface area (Å²) in [5.41, 5.74) is 2.32. The largest absolute Gasteiger partial charge is 0.497 e. The molecule has 0 aliphatic heterocycles. The molecular formula is C27H23N3O5. The Morgan fingerprint density at radius 2 is 1.66 bits per heavy atom. The molecule has 0 radical (unpaired) electrons. The SMILES string of the molecule is COC(=O)c1ccccc1NC(=O)/C(=C/c1c[nH]c2ccc(OC)cc12)NC(=O)c1ccccc1. The molecule has 0 aliphatic carbocycles. The van der Waals surface area contributed by atoms with Crippen LogP contribution in [0.3, 0.4) is 0 Å². The van der Waals surface area contributed by atoms with Crippen molar-refractivity contribution in [1.82, 2.24) is 10.3 Å². The van der Waals surface area contributed by atoms with E-state index in [1.165, 1.54) is 7.11 Å². The number of nitrogens with one attached hydrogen (secondary N) is 3. The number of amides is 2. The van der Waals surface area contributed by atoms with Gasteiger partial charge in [0.15, 0.2) is 0 Å². The minimum absolute atomic E-state index is 0.0118. The number of rotatable bonds is 7. The molecule has 0 aliphatic rings. The smallest absolute Gasteiger partial charge is 0.339 e. The molecule has 0 saturated heterocycles. The van der Waals surface area contributed by atoms with Gasteiger partial charge in [-0.25, -0.2) is 4.79 Å². The van der Waals surface area contributed by atoms with E-state index in [-0.39, 0.29) is 16.9 Å². The number of benzene rings is 3. The molecule has 0 spiro atoms. The predicted octanol–water partition coefficient (Wildman–Crippen LogP) is 4.37. The van der Waals surface area contributed by atoms with E-state index < -0.39 is 17.8 Å². The van der Waals surface area contributed by atoms with E-state index in [2.05, 4.69) is 15.6 Å². The zero-order chi connectivity index (χ0) is 24.8. The molecule has 0 atom stereocenters. The van der Waals surface area contributed by atoms with E-state index >= 15 is 0 Å². The number of aromatic nitrogens is 1. The predicted molar refractivity (Wildman–Crippen MR) is 133 cm³/mol. The number of methoxy groups -OCH3 is 2. The van der Waals surface area contributed by atoms with Crippen molar-refractivity contribution in [3.63, 3.8) is 0 Å². The fourth-order valence-corrected chi connectivity index (χ4v) is 3.54. The molecule has 0 unspecified atom stereocenters. The summed E-state index contributed by atoms with van der Waals surface area (Å²) in [6.07, 6.45) is 3.30. The molecule has 2 amide bonds. The topological polar surface area (TPSA) is 110 Å². The summed E-state index contributed by atoms with van der Waals surface area (Å²) in [6, 6.07) is 20.5. The molecule has 3 aromatic carbocycles. The van der Waals surface area contributed by atoms with Crippen molar-refractivity contribution in [2.24, 2.45) is 0 Å². The van der Waals surface area contributed by atoms with Crippen molar-refractivity contribution in [3.8, 4) is 5.75 Å². The fourth-order valence-electron chi connectivity index (χ4n) is 3.54. The maximum absolute atomic E-state index is 13.3. The number of carbonyl (C=O) groups is 3. The van der Waals surface area contributed by atoms with E-state index in [1.54, 1.807) is 74.0 Å². The second kappa shape index (κ2) is 10.4. The Labute approximate surface area is 201 Å². The van der Waals surface area contributed by atoms with Crippen LogP contribution in [-0.4, -0.2) is 37.0 Å². The normalized spacial score (nSPS) is 11.1. The van der Waals surface area contributed by atoms with Crippen molar-refractivity contribution >= 4 is 40.4 Å². The van der Waals surface area contributed by atoms with Gasteiger partial charge in [-0.1, -0.05) is 30.3 Å². The van der Waals surface area contributed by atoms with Crippen molar-refractivity contribution in [2.45, 2.75) is 0 Å². The highest BCUT2D eigenvalue weighted by atomic mass is 16.5. The highest BCUT2D eigenvalue weighted by molar-refractivity contribution is 6.13. The molecule has 8 nitrogen and oxygen atoms in total. The first kappa shape index (κ1) is 23.3. The maximum Gasteiger partial charge on any atom is 0.339 e. The summed E-state index contributed by atoms with van der Waals surface area (Å²) in [4.78, 5) is 41.5. The Morgan fingerprint density at radius 3 is 2.40 bits per heavy atom. The summed E-state index contributed by atoms with van der Waals surface area (Å²) in [6.45, 7) is 0. The molecule has 1 aromatic heterocycles. The van der Waals surface area contributed by atoms with Gasteiger partial charge >= 0.3 is 5.97 Å². The van der Waals surface area contributed by atoms with Crippen LogP contribution in [0.4, 0.5) is 5.69 Å². The van der Waals surface area contributed by atoms with Gasteiger partial charge in [-0.2, -0.15) is 0 Å². The minimum Gasteiger partial charge on any atom is -0.497 e. The van der Waals surface area contributed by atoms with Gasteiger partial charge in [0.25, 0.3) is 11.8 Å². The van der Waals surface area contributed by atoms with Crippen LogP contribution in [0.25, 0.3) is 17.0 Å². The lowest BCUT2D eigenvalue weighted by atomic mass is 10.1. The van der Waals surface area contributed by atoms with Crippen LogP contribution >= 0.6 is 0 Å². The van der Waals surface area contributed by atoms with Crippen LogP contribution in [0.5, 0.6) is 5.75 Å². The summed E-state index contributed by atoms with van der Waals surface area (Å²) >= 11 is 0. The lowest BCUT2D eigenvalue weighted by Gasteiger charge is -2.13. The molecule has 4 aromatic rings. The highest BCUT2D eigenvalue weighted by Gasteiger charge is 2.19. The Morgan fingerprint density at radius 1 is 0.914 bits per heavy atom. The van der Waals surface area contributed by atoms with E-state index in [4.69, 9.17) is 9.47 Å². The molecule has 176 valence electrons. The standard InChI is InChI=1S/C27H23N3O5/c1-34-19-12-13-22-21(15-19)18(16-28-22)14-24(30-25(31)17-8-4-3-5-9-17)26(32)29-23-11-7-6-10-20(23)27(33)35-2/h3-16,28H,1-2H3,(H,29,32)(H,30,31)/b24-14-. The highest BCUT2D eigenvalue weighted by Crippen LogP contribution is 2.25. The summed E-state index contributed by atoms with van der Waals surface area (Å²) in [5.74, 6) is -1.00. The third kappa shape index (κ3) is 5.22. The van der Waals surface area contributed by atoms with E-state index in [0.29, 0.717) is 16.9 Å². The number of aromatic amines is 1. The van der Waals surface area contributed by atoms with Gasteiger partial charge in [0.1, 0.15) is 11.4 Å². The second-order valence-electron chi connectivity index (χ2n) is 7.52. The van der Waals surface area contributed by atoms with E-state index in [1.807, 2.05) is 18.2 Å². The van der Waals surface area contributed by atoms with Crippen molar-refractivity contribution < 1.29 is 23.9 Å². The molecule has 8 heteroatoms. The number of carbonyl (C=O) groups excluding carboxylic acids is 3. The molecule has 0 saturated carbocycles. The van der Waals surface area contributed by atoms with Crippen LogP contribution in [0, 0.1) is 0 Å². The van der Waals surface area contributed by atoms with Gasteiger partial charge in [-0.3, -0.25) is 9.59 Å². The monoisotopic (exact) mass is 469 g/mol. The van der Waals surface area contributed by atoms with Gasteiger partial charge in [-0.05, 0) is 48.5 Å². The fraction of sp³-hybridized carbons (Fsp3) is 0.0741. The number of hydrogen-bond acceptors (Lipinski definition) is 5. The molecule has 3 N–H and O–H groups in total. The van der Waals surface area contributed by atoms with Gasteiger partial charge in [0.2, 0.25) is 0 Å². The van der Waals surface area contributed by atoms with Crippen molar-refractivity contribution in [2.75, 3.05) is 19.5 Å². The van der Waals surface area contributed by atoms with Crippen LogP contribution in [0.2, 0.25) is 0 Å². The van der Waals surface area contributed by atoms with Crippen molar-refractivity contribution in [1.29, 1.82) is 0 Å². The molecule has 0 fully saturated rings. The number of ether oxygens (including phenoxy) is 2. The molecule has 1 heterocycles. The lowest BCUT2D eigenvalue weighted by molar-refractivity contribution is -0.113. The zero-order valence-corrected chi connectivity index (χ0v) is 19.1. The third-order valence-electron chi connectivity index (χ3n) is 5.33. The van der Waals surface area contributed by atoms with Crippen LogP contribution in [-0.2, 0) is 9.53 Å². The minimum atomic E-state index is -0.608. The lowest BCUT2D eigenvalue weighted by Crippen LogP contribution is -2.31. The first-order chi connectivity index (χ1) is 17.0. The third-order valence-corrected chi connectivity index (χ3v) is 5.33. The average Bonchev–Trinajstić information content (AvgIpc) is 3.30. The number of hydrogen-bond donors (Lipinski definition) is 3. The van der Waals surface area contributed by atoms with Gasteiger partial charge in [0, 0.05) is 28.2 Å². The summed E-state index contributed by atoms with van der Waals surface area (Å²) in [7, 11) is 2.83. The van der Waals surface area contributed by atoms with Crippen LogP contribution in [0.15, 0.2) is 84.7 Å². The number of para-hydroxylation sites is 1. The number of fused-ring (bicyclic) bond motifs is 1. The zero-order valence-electron chi connectivity index (χ0n) is 19.1. The molecule has 35 heavy (non-hydrogen) atoms. The quantitative estimate of drug-likeness (QED) is 0.275. The summed E-state index contributed by atoms with van der Waals surface area (Å²) in [5, 5.41) is 6.21. The number of H-pyrrole nitrogens is 1. The Bertz CT molecular complexity index is 1420. The molecular weight excluding hydrogens is 446 g/mol. The first-order valence-electron chi connectivity index (χ1n) is 10.7. The second-order valence-corrected chi connectivity index (χ2v) is 7.52. The van der Waals surface area contributed by atoms with E-state index in [9.17, 15) is 14.4 Å². The van der Waals surface area contributed by atoms with Crippen LogP contribution < -0.4 is 15.4 Å². The van der Waals surface area contributed by atoms with Gasteiger partial charge < -0.3 is 25.1 Å². The number of anilines is 1. The maximum atomic E-state index is 13.3. The van der Waals surface area contributed by atoms with E-state index in [0.717, 1.165) is 10.9 Å². The van der Waals surface area contributed by atoms with Gasteiger partial charge in [-0.15, -0.1) is 0 Å². The van der Waals surface area contributed by atoms with Crippen LogP contribution in [0.1, 0.15) is 26.3 Å². The molecule has 4 rings (SSSR count). The Balaban J connectivity index is 1.73. The first-order valence-corrected chi connectivity index (χ1v) is 10.7. The molecule has 0 bridgehead atoms. The number of esters is 1. The Kier molecular flexibility index (Phi) is 6.92. The summed E-state index contributed by atoms with van der Waals surface area (Å²) < 4.78 is 10.1. The van der Waals surface area contributed by atoms with Crippen molar-refractivity contribution in [3.05, 3.63) is 101 Å². The Hall–Kier alpha value is -4.85. The van der Waals surface area contributed by atoms with Gasteiger partial charge in [0.05, 0.1) is 25.5 Å². The average molecular weight is 469 g/mol.